The van der Waals surface area contributed by atoms with Gasteiger partial charge in [0.15, 0.2) is 16.3 Å². The molecule has 0 unspecified atom stereocenters. The normalized spacial score (nSPS) is 10.7. The number of carbonyl (C=O) groups is 1. The van der Waals surface area contributed by atoms with Crippen LogP contribution in [0.2, 0.25) is 0 Å². The Labute approximate surface area is 185 Å². The van der Waals surface area contributed by atoms with Crippen molar-refractivity contribution >= 4 is 62.7 Å². The first-order chi connectivity index (χ1) is 14.0. The number of aryl methyl sites for hydroxylation is 1. The van der Waals surface area contributed by atoms with E-state index in [2.05, 4.69) is 43.2 Å². The highest BCUT2D eigenvalue weighted by molar-refractivity contribution is 14.1. The van der Waals surface area contributed by atoms with Crippen LogP contribution in [0.3, 0.4) is 0 Å². The van der Waals surface area contributed by atoms with Crippen LogP contribution in [-0.4, -0.2) is 21.0 Å². The number of hydrogen-bond donors (Lipinski definition) is 2. The lowest BCUT2D eigenvalue weighted by molar-refractivity contribution is 0.0977. The standard InChI is InChI=1S/C21H15IN4O2S/c1-12-11-14(20-25-18-17(28-20)3-2-10-23-18)6-9-16(12)24-21(29)26-19(27)13-4-7-15(22)8-5-13/h2-11H,1H3,(H2,24,26,27,29). The summed E-state index contributed by atoms with van der Waals surface area (Å²) in [5, 5.41) is 5.99. The summed E-state index contributed by atoms with van der Waals surface area (Å²) in [5.41, 5.74) is 4.31. The number of halogens is 1. The summed E-state index contributed by atoms with van der Waals surface area (Å²) in [6.07, 6.45) is 1.68. The number of hydrogen-bond acceptors (Lipinski definition) is 5. The first kappa shape index (κ1) is 19.5. The first-order valence-corrected chi connectivity index (χ1v) is 10.2. The Hall–Kier alpha value is -2.85. The monoisotopic (exact) mass is 514 g/mol. The Morgan fingerprint density at radius 1 is 1.14 bits per heavy atom. The van der Waals surface area contributed by atoms with Gasteiger partial charge in [-0.3, -0.25) is 10.1 Å². The lowest BCUT2D eigenvalue weighted by atomic mass is 10.1. The second-order valence-electron chi connectivity index (χ2n) is 6.29. The smallest absolute Gasteiger partial charge is 0.257 e. The Bertz CT molecular complexity index is 1190. The topological polar surface area (TPSA) is 80.1 Å². The SMILES string of the molecule is Cc1cc(-c2nc3ncccc3o2)ccc1NC(=S)NC(=O)c1ccc(I)cc1. The van der Waals surface area contributed by atoms with E-state index in [9.17, 15) is 4.79 Å². The molecule has 4 rings (SSSR count). The number of aromatic nitrogens is 2. The molecule has 0 saturated carbocycles. The molecule has 2 aromatic carbocycles. The van der Waals surface area contributed by atoms with Crippen LogP contribution in [0.4, 0.5) is 5.69 Å². The summed E-state index contributed by atoms with van der Waals surface area (Å²) < 4.78 is 6.82. The summed E-state index contributed by atoms with van der Waals surface area (Å²) >= 11 is 7.47. The third-order valence-corrected chi connectivity index (χ3v) is 5.14. The highest BCUT2D eigenvalue weighted by Gasteiger charge is 2.12. The van der Waals surface area contributed by atoms with Crippen molar-refractivity contribution in [2.24, 2.45) is 0 Å². The maximum Gasteiger partial charge on any atom is 0.257 e. The third-order valence-electron chi connectivity index (χ3n) is 4.22. The number of nitrogens with one attached hydrogen (secondary N) is 2. The molecule has 2 N–H and O–H groups in total. The number of thiocarbonyl (C=S) groups is 1. The second kappa shape index (κ2) is 8.26. The molecule has 0 aliphatic heterocycles. The van der Waals surface area contributed by atoms with Gasteiger partial charge in [-0.2, -0.15) is 4.98 Å². The van der Waals surface area contributed by atoms with Gasteiger partial charge in [0, 0.05) is 26.6 Å². The van der Waals surface area contributed by atoms with Crippen LogP contribution < -0.4 is 10.6 Å². The molecule has 8 heteroatoms. The predicted octanol–water partition coefficient (Wildman–Crippen LogP) is 4.93. The molecule has 144 valence electrons. The molecule has 0 atom stereocenters. The van der Waals surface area contributed by atoms with Crippen molar-refractivity contribution in [3.05, 3.63) is 75.5 Å². The van der Waals surface area contributed by atoms with Crippen molar-refractivity contribution in [3.8, 4) is 11.5 Å². The van der Waals surface area contributed by atoms with Crippen LogP contribution in [0.25, 0.3) is 22.7 Å². The van der Waals surface area contributed by atoms with Crippen LogP contribution in [-0.2, 0) is 0 Å². The van der Waals surface area contributed by atoms with Crippen LogP contribution in [0, 0.1) is 10.5 Å². The third kappa shape index (κ3) is 4.43. The maximum absolute atomic E-state index is 12.3. The van der Waals surface area contributed by atoms with Crippen LogP contribution >= 0.6 is 34.8 Å². The fourth-order valence-corrected chi connectivity index (χ4v) is 3.32. The van der Waals surface area contributed by atoms with E-state index in [0.29, 0.717) is 22.7 Å². The highest BCUT2D eigenvalue weighted by Crippen LogP contribution is 2.26. The van der Waals surface area contributed by atoms with E-state index in [1.54, 1.807) is 24.4 Å². The second-order valence-corrected chi connectivity index (χ2v) is 7.94. The van der Waals surface area contributed by atoms with Crippen LogP contribution in [0.1, 0.15) is 15.9 Å². The van der Waals surface area contributed by atoms with Gasteiger partial charge in [0.2, 0.25) is 5.89 Å². The minimum absolute atomic E-state index is 0.232. The van der Waals surface area contributed by atoms with E-state index in [0.717, 1.165) is 20.4 Å². The molecular weight excluding hydrogens is 499 g/mol. The zero-order chi connectivity index (χ0) is 20.4. The van der Waals surface area contributed by atoms with Gasteiger partial charge in [-0.25, -0.2) is 4.98 Å². The Morgan fingerprint density at radius 3 is 2.66 bits per heavy atom. The molecule has 0 aliphatic rings. The van der Waals surface area contributed by atoms with E-state index in [4.69, 9.17) is 16.6 Å². The van der Waals surface area contributed by atoms with Crippen molar-refractivity contribution in [2.45, 2.75) is 6.92 Å². The van der Waals surface area contributed by atoms with Crippen molar-refractivity contribution in [3.63, 3.8) is 0 Å². The summed E-state index contributed by atoms with van der Waals surface area (Å²) in [5.74, 6) is 0.245. The molecule has 0 bridgehead atoms. The molecule has 0 fully saturated rings. The van der Waals surface area contributed by atoms with Gasteiger partial charge in [0.1, 0.15) is 0 Å². The average Bonchev–Trinajstić information content (AvgIpc) is 3.14. The molecular formula is C21H15IN4O2S. The van der Waals surface area contributed by atoms with Gasteiger partial charge < -0.3 is 9.73 Å². The number of rotatable bonds is 3. The largest absolute Gasteiger partial charge is 0.434 e. The molecule has 1 amide bonds. The maximum atomic E-state index is 12.3. The van der Waals surface area contributed by atoms with Crippen LogP contribution in [0.5, 0.6) is 0 Å². The Morgan fingerprint density at radius 2 is 1.93 bits per heavy atom. The fraction of sp³-hybridized carbons (Fsp3) is 0.0476. The molecule has 2 heterocycles. The van der Waals surface area contributed by atoms with Crippen molar-refractivity contribution in [1.82, 2.24) is 15.3 Å². The molecule has 0 spiro atoms. The number of amides is 1. The minimum Gasteiger partial charge on any atom is -0.434 e. The summed E-state index contributed by atoms with van der Waals surface area (Å²) in [4.78, 5) is 20.9. The minimum atomic E-state index is -0.257. The Balaban J connectivity index is 1.47. The van der Waals surface area contributed by atoms with E-state index >= 15 is 0 Å². The fourth-order valence-electron chi connectivity index (χ4n) is 2.76. The van der Waals surface area contributed by atoms with Gasteiger partial charge in [-0.15, -0.1) is 0 Å². The molecule has 0 radical (unpaired) electrons. The molecule has 0 aliphatic carbocycles. The Kier molecular flexibility index (Phi) is 5.54. The molecule has 4 aromatic rings. The predicted molar refractivity (Wildman–Crippen MR) is 125 cm³/mol. The van der Waals surface area contributed by atoms with E-state index in [-0.39, 0.29) is 11.0 Å². The van der Waals surface area contributed by atoms with Crippen LogP contribution in [0.15, 0.2) is 65.2 Å². The number of anilines is 1. The van der Waals surface area contributed by atoms with Crippen molar-refractivity contribution in [2.75, 3.05) is 5.32 Å². The summed E-state index contributed by atoms with van der Waals surface area (Å²) in [6.45, 7) is 1.94. The zero-order valence-electron chi connectivity index (χ0n) is 15.3. The number of oxazole rings is 1. The molecule has 2 aromatic heterocycles. The highest BCUT2D eigenvalue weighted by atomic mass is 127. The van der Waals surface area contributed by atoms with Gasteiger partial charge in [0.05, 0.1) is 0 Å². The lowest BCUT2D eigenvalue weighted by Gasteiger charge is -2.12. The first-order valence-electron chi connectivity index (χ1n) is 8.70. The van der Waals surface area contributed by atoms with Gasteiger partial charge in [-0.05, 0) is 102 Å². The number of nitrogens with zero attached hydrogens (tertiary/aromatic N) is 2. The van der Waals surface area contributed by atoms with Gasteiger partial charge in [0.25, 0.3) is 5.91 Å². The summed E-state index contributed by atoms with van der Waals surface area (Å²) in [6, 6.07) is 16.6. The molecule has 29 heavy (non-hydrogen) atoms. The number of carbonyl (C=O) groups excluding carboxylic acids is 1. The van der Waals surface area contributed by atoms with Crippen molar-refractivity contribution in [1.29, 1.82) is 0 Å². The van der Waals surface area contributed by atoms with Crippen molar-refractivity contribution < 1.29 is 9.21 Å². The zero-order valence-corrected chi connectivity index (χ0v) is 18.2. The summed E-state index contributed by atoms with van der Waals surface area (Å²) in [7, 11) is 0. The number of benzene rings is 2. The van der Waals surface area contributed by atoms with Gasteiger partial charge >= 0.3 is 0 Å². The van der Waals surface area contributed by atoms with E-state index in [1.165, 1.54) is 0 Å². The molecule has 6 nitrogen and oxygen atoms in total. The molecule has 0 saturated heterocycles. The quantitative estimate of drug-likeness (QED) is 0.298. The lowest BCUT2D eigenvalue weighted by Crippen LogP contribution is -2.34. The van der Waals surface area contributed by atoms with E-state index in [1.807, 2.05) is 43.3 Å². The van der Waals surface area contributed by atoms with Gasteiger partial charge in [-0.1, -0.05) is 0 Å². The number of pyridine rings is 1. The van der Waals surface area contributed by atoms with E-state index < -0.39 is 0 Å². The number of fused-ring (bicyclic) bond motifs is 1. The average molecular weight is 514 g/mol.